The van der Waals surface area contributed by atoms with Crippen LogP contribution < -0.4 is 10.0 Å². The molecule has 0 aliphatic heterocycles. The van der Waals surface area contributed by atoms with Crippen molar-refractivity contribution in [1.29, 1.82) is 0 Å². The van der Waals surface area contributed by atoms with Gasteiger partial charge in [0.15, 0.2) is 0 Å². The zero-order valence-corrected chi connectivity index (χ0v) is 14.4. The van der Waals surface area contributed by atoms with Gasteiger partial charge in [0.05, 0.1) is 0 Å². The molecule has 0 saturated heterocycles. The Labute approximate surface area is 128 Å². The van der Waals surface area contributed by atoms with Crippen LogP contribution in [-0.4, -0.2) is 26.5 Å². The Morgan fingerprint density at radius 1 is 1.14 bits per heavy atom. The minimum atomic E-state index is -3.49. The molecular formula is C15H27N3O2S. The van der Waals surface area contributed by atoms with Crippen molar-refractivity contribution in [3.63, 3.8) is 0 Å². The first-order valence-corrected chi connectivity index (χ1v) is 8.95. The van der Waals surface area contributed by atoms with Crippen molar-refractivity contribution in [3.8, 4) is 0 Å². The van der Waals surface area contributed by atoms with E-state index in [2.05, 4.69) is 42.7 Å². The Kier molecular flexibility index (Phi) is 6.61. The number of anilines is 1. The third-order valence-corrected chi connectivity index (χ3v) is 5.04. The van der Waals surface area contributed by atoms with Gasteiger partial charge in [0.25, 0.3) is 0 Å². The fourth-order valence-corrected chi connectivity index (χ4v) is 3.37. The Morgan fingerprint density at radius 3 is 2.19 bits per heavy atom. The van der Waals surface area contributed by atoms with Crippen LogP contribution in [0, 0.1) is 17.8 Å². The van der Waals surface area contributed by atoms with Crippen LogP contribution in [0.15, 0.2) is 23.2 Å². The van der Waals surface area contributed by atoms with Gasteiger partial charge in [-0.25, -0.2) is 18.1 Å². The van der Waals surface area contributed by atoms with Gasteiger partial charge in [-0.05, 0) is 36.8 Å². The molecule has 21 heavy (non-hydrogen) atoms. The van der Waals surface area contributed by atoms with Gasteiger partial charge in [0.1, 0.15) is 10.7 Å². The summed E-state index contributed by atoms with van der Waals surface area (Å²) in [6.07, 6.45) is 1.39. The maximum atomic E-state index is 12.3. The Bertz CT molecular complexity index is 516. The maximum Gasteiger partial charge on any atom is 0.242 e. The standard InChI is InChI=1S/C15H27N3O2S/c1-6-16-15-8-7-13(9-17-15)21(19,20)18-10-14(11(2)3)12(4)5/h7-9,11-12,14,18H,6,10H2,1-5H3,(H,16,17). The SMILES string of the molecule is CCNc1ccc(S(=O)(=O)NCC(C(C)C)C(C)C)cn1. The van der Waals surface area contributed by atoms with Crippen molar-refractivity contribution in [3.05, 3.63) is 18.3 Å². The van der Waals surface area contributed by atoms with E-state index in [0.717, 1.165) is 6.54 Å². The van der Waals surface area contributed by atoms with Crippen LogP contribution in [0.1, 0.15) is 34.6 Å². The molecule has 1 aromatic heterocycles. The summed E-state index contributed by atoms with van der Waals surface area (Å²) in [5.41, 5.74) is 0. The molecular weight excluding hydrogens is 286 g/mol. The minimum absolute atomic E-state index is 0.204. The van der Waals surface area contributed by atoms with Crippen molar-refractivity contribution in [2.45, 2.75) is 39.5 Å². The second kappa shape index (κ2) is 7.75. The van der Waals surface area contributed by atoms with Gasteiger partial charge >= 0.3 is 0 Å². The number of hydrogen-bond donors (Lipinski definition) is 2. The highest BCUT2D eigenvalue weighted by molar-refractivity contribution is 7.89. The Morgan fingerprint density at radius 2 is 1.76 bits per heavy atom. The summed E-state index contributed by atoms with van der Waals surface area (Å²) in [4.78, 5) is 4.31. The van der Waals surface area contributed by atoms with E-state index < -0.39 is 10.0 Å². The summed E-state index contributed by atoms with van der Waals surface area (Å²) in [5.74, 6) is 1.86. The number of nitrogens with one attached hydrogen (secondary N) is 2. The molecule has 1 aromatic rings. The molecule has 5 nitrogen and oxygen atoms in total. The summed E-state index contributed by atoms with van der Waals surface area (Å²) < 4.78 is 27.3. The smallest absolute Gasteiger partial charge is 0.242 e. The summed E-state index contributed by atoms with van der Waals surface area (Å²) in [5, 5.41) is 3.04. The second-order valence-electron chi connectivity index (χ2n) is 5.91. The van der Waals surface area contributed by atoms with Crippen LogP contribution in [0.2, 0.25) is 0 Å². The zero-order chi connectivity index (χ0) is 16.0. The fourth-order valence-electron chi connectivity index (χ4n) is 2.36. The van der Waals surface area contributed by atoms with Gasteiger partial charge in [0.2, 0.25) is 10.0 Å². The Balaban J connectivity index is 2.77. The largest absolute Gasteiger partial charge is 0.370 e. The summed E-state index contributed by atoms with van der Waals surface area (Å²) >= 11 is 0. The van der Waals surface area contributed by atoms with E-state index in [4.69, 9.17) is 0 Å². The number of aromatic nitrogens is 1. The van der Waals surface area contributed by atoms with Crippen molar-refractivity contribution < 1.29 is 8.42 Å². The lowest BCUT2D eigenvalue weighted by Gasteiger charge is -2.24. The molecule has 0 bridgehead atoms. The van der Waals surface area contributed by atoms with E-state index in [9.17, 15) is 8.42 Å². The van der Waals surface area contributed by atoms with Gasteiger partial charge in [-0.2, -0.15) is 0 Å². The highest BCUT2D eigenvalue weighted by Gasteiger charge is 2.21. The molecule has 0 saturated carbocycles. The number of nitrogens with zero attached hydrogens (tertiary/aromatic N) is 1. The third kappa shape index (κ3) is 5.28. The van der Waals surface area contributed by atoms with Gasteiger partial charge < -0.3 is 5.32 Å². The normalized spacial score (nSPS) is 12.4. The van der Waals surface area contributed by atoms with E-state index in [1.165, 1.54) is 6.20 Å². The molecule has 0 fully saturated rings. The first kappa shape index (κ1) is 17.9. The molecule has 0 spiro atoms. The lowest BCUT2D eigenvalue weighted by atomic mass is 9.86. The van der Waals surface area contributed by atoms with E-state index in [-0.39, 0.29) is 4.90 Å². The fraction of sp³-hybridized carbons (Fsp3) is 0.667. The zero-order valence-electron chi connectivity index (χ0n) is 13.6. The molecule has 0 unspecified atom stereocenters. The predicted molar refractivity (Wildman–Crippen MR) is 86.8 cm³/mol. The lowest BCUT2D eigenvalue weighted by molar-refractivity contribution is 0.289. The van der Waals surface area contributed by atoms with Crippen LogP contribution in [-0.2, 0) is 10.0 Å². The summed E-state index contributed by atoms with van der Waals surface area (Å²) in [7, 11) is -3.49. The molecule has 0 amide bonds. The molecule has 0 aromatic carbocycles. The van der Waals surface area contributed by atoms with Crippen LogP contribution >= 0.6 is 0 Å². The van der Waals surface area contributed by atoms with Crippen LogP contribution in [0.3, 0.4) is 0 Å². The molecule has 6 heteroatoms. The van der Waals surface area contributed by atoms with Crippen molar-refractivity contribution in [2.75, 3.05) is 18.4 Å². The van der Waals surface area contributed by atoms with Crippen molar-refractivity contribution in [1.82, 2.24) is 9.71 Å². The molecule has 0 aliphatic carbocycles. The molecule has 1 rings (SSSR count). The van der Waals surface area contributed by atoms with E-state index in [1.807, 2.05) is 6.92 Å². The number of sulfonamides is 1. The number of rotatable bonds is 8. The molecule has 0 radical (unpaired) electrons. The monoisotopic (exact) mass is 313 g/mol. The number of pyridine rings is 1. The Hall–Kier alpha value is -1.14. The summed E-state index contributed by atoms with van der Waals surface area (Å²) in [6, 6.07) is 3.26. The topological polar surface area (TPSA) is 71.1 Å². The van der Waals surface area contributed by atoms with Crippen LogP contribution in [0.5, 0.6) is 0 Å². The molecule has 0 atom stereocenters. The van der Waals surface area contributed by atoms with Gasteiger partial charge in [0, 0.05) is 19.3 Å². The highest BCUT2D eigenvalue weighted by Crippen LogP contribution is 2.20. The molecule has 0 aliphatic rings. The van der Waals surface area contributed by atoms with Crippen LogP contribution in [0.4, 0.5) is 5.82 Å². The van der Waals surface area contributed by atoms with Gasteiger partial charge in [-0.15, -0.1) is 0 Å². The molecule has 2 N–H and O–H groups in total. The minimum Gasteiger partial charge on any atom is -0.370 e. The van der Waals surface area contributed by atoms with Crippen LogP contribution in [0.25, 0.3) is 0 Å². The second-order valence-corrected chi connectivity index (χ2v) is 7.68. The summed E-state index contributed by atoms with van der Waals surface area (Å²) in [6.45, 7) is 11.6. The third-order valence-electron chi connectivity index (χ3n) is 3.63. The highest BCUT2D eigenvalue weighted by atomic mass is 32.2. The average Bonchev–Trinajstić information content (AvgIpc) is 2.39. The first-order chi connectivity index (χ1) is 9.77. The van der Waals surface area contributed by atoms with Crippen molar-refractivity contribution in [2.24, 2.45) is 17.8 Å². The van der Waals surface area contributed by atoms with E-state index in [1.54, 1.807) is 12.1 Å². The van der Waals surface area contributed by atoms with Gasteiger partial charge in [-0.3, -0.25) is 0 Å². The first-order valence-electron chi connectivity index (χ1n) is 7.47. The van der Waals surface area contributed by atoms with E-state index in [0.29, 0.717) is 30.1 Å². The predicted octanol–water partition coefficient (Wildman–Crippen LogP) is 2.72. The maximum absolute atomic E-state index is 12.3. The molecule has 120 valence electrons. The average molecular weight is 313 g/mol. The van der Waals surface area contributed by atoms with Crippen molar-refractivity contribution >= 4 is 15.8 Å². The van der Waals surface area contributed by atoms with Gasteiger partial charge in [-0.1, -0.05) is 27.7 Å². The number of hydrogen-bond acceptors (Lipinski definition) is 4. The lowest BCUT2D eigenvalue weighted by Crippen LogP contribution is -2.34. The molecule has 1 heterocycles. The quantitative estimate of drug-likeness (QED) is 0.774. The van der Waals surface area contributed by atoms with E-state index >= 15 is 0 Å².